The summed E-state index contributed by atoms with van der Waals surface area (Å²) in [5, 5.41) is 16.0. The summed E-state index contributed by atoms with van der Waals surface area (Å²) in [6, 6.07) is 10.3. The zero-order valence-corrected chi connectivity index (χ0v) is 15.7. The average molecular weight is 370 g/mol. The number of carbonyl (C=O) groups excluding carboxylic acids is 1. The highest BCUT2D eigenvalue weighted by atomic mass is 16.5. The molecule has 7 nitrogen and oxygen atoms in total. The molecule has 1 aliphatic heterocycles. The molecule has 1 aliphatic rings. The number of amides is 1. The number of methoxy groups -OCH3 is 3. The lowest BCUT2D eigenvalue weighted by Crippen LogP contribution is -2.24. The van der Waals surface area contributed by atoms with Crippen LogP contribution in [0.2, 0.25) is 0 Å². The van der Waals surface area contributed by atoms with Gasteiger partial charge in [-0.3, -0.25) is 4.79 Å². The van der Waals surface area contributed by atoms with E-state index in [-0.39, 0.29) is 17.7 Å². The minimum absolute atomic E-state index is 0.0265. The number of rotatable bonds is 5. The normalized spacial score (nSPS) is 16.1. The van der Waals surface area contributed by atoms with E-state index in [0.29, 0.717) is 29.4 Å². The van der Waals surface area contributed by atoms with Crippen LogP contribution in [0.4, 0.5) is 0 Å². The number of ether oxygens (including phenoxy) is 3. The van der Waals surface area contributed by atoms with Crippen molar-refractivity contribution in [2.75, 3.05) is 21.3 Å². The number of carbonyl (C=O) groups is 1. The van der Waals surface area contributed by atoms with Gasteiger partial charge < -0.3 is 19.3 Å². The average Bonchev–Trinajstić information content (AvgIpc) is 3.13. The van der Waals surface area contributed by atoms with Gasteiger partial charge in [0.25, 0.3) is 0 Å². The summed E-state index contributed by atoms with van der Waals surface area (Å²) in [4.78, 5) is 12.2. The van der Waals surface area contributed by atoms with Crippen LogP contribution in [-0.4, -0.2) is 43.1 Å². The SMILES string of the molecule is COc1cc(OC)cc(C2CC(c3ccc(OC)c(O)c3)=NN2C(C)=O)c1. The molecule has 7 heteroatoms. The Morgan fingerprint density at radius 2 is 1.74 bits per heavy atom. The van der Waals surface area contributed by atoms with E-state index in [0.717, 1.165) is 11.1 Å². The van der Waals surface area contributed by atoms with Crippen LogP contribution in [-0.2, 0) is 4.79 Å². The second-order valence-corrected chi connectivity index (χ2v) is 6.16. The van der Waals surface area contributed by atoms with E-state index in [1.165, 1.54) is 19.0 Å². The molecule has 0 radical (unpaired) electrons. The van der Waals surface area contributed by atoms with Crippen molar-refractivity contribution in [2.24, 2.45) is 5.10 Å². The summed E-state index contributed by atoms with van der Waals surface area (Å²) < 4.78 is 15.8. The summed E-state index contributed by atoms with van der Waals surface area (Å²) in [6.45, 7) is 1.47. The van der Waals surface area contributed by atoms with Gasteiger partial charge >= 0.3 is 0 Å². The maximum Gasteiger partial charge on any atom is 0.240 e. The molecule has 0 spiro atoms. The number of nitrogens with zero attached hydrogens (tertiary/aromatic N) is 2. The third kappa shape index (κ3) is 3.67. The molecule has 142 valence electrons. The van der Waals surface area contributed by atoms with E-state index in [1.807, 2.05) is 18.2 Å². The highest BCUT2D eigenvalue weighted by molar-refractivity contribution is 6.03. The Labute approximate surface area is 157 Å². The van der Waals surface area contributed by atoms with Crippen molar-refractivity contribution < 1.29 is 24.1 Å². The van der Waals surface area contributed by atoms with Crippen molar-refractivity contribution in [1.29, 1.82) is 0 Å². The molecule has 1 atom stereocenters. The number of phenolic OH excluding ortho intramolecular Hbond substituents is 1. The number of hydrogen-bond donors (Lipinski definition) is 1. The van der Waals surface area contributed by atoms with E-state index in [9.17, 15) is 9.90 Å². The van der Waals surface area contributed by atoms with Gasteiger partial charge in [0.1, 0.15) is 11.5 Å². The van der Waals surface area contributed by atoms with E-state index >= 15 is 0 Å². The van der Waals surface area contributed by atoms with Crippen molar-refractivity contribution in [3.05, 3.63) is 47.5 Å². The zero-order chi connectivity index (χ0) is 19.6. The fourth-order valence-electron chi connectivity index (χ4n) is 3.13. The Hall–Kier alpha value is -3.22. The molecule has 1 heterocycles. The predicted molar refractivity (Wildman–Crippen MR) is 101 cm³/mol. The fraction of sp³-hybridized carbons (Fsp3) is 0.300. The number of benzene rings is 2. The quantitative estimate of drug-likeness (QED) is 0.875. The lowest BCUT2D eigenvalue weighted by Gasteiger charge is -2.21. The maximum atomic E-state index is 12.2. The van der Waals surface area contributed by atoms with E-state index in [1.54, 1.807) is 32.4 Å². The summed E-state index contributed by atoms with van der Waals surface area (Å²) >= 11 is 0. The Balaban J connectivity index is 1.97. The Bertz CT molecular complexity index is 872. The van der Waals surface area contributed by atoms with Crippen molar-refractivity contribution in [3.63, 3.8) is 0 Å². The van der Waals surface area contributed by atoms with Gasteiger partial charge in [-0.15, -0.1) is 0 Å². The van der Waals surface area contributed by atoms with Gasteiger partial charge in [-0.2, -0.15) is 5.10 Å². The minimum Gasteiger partial charge on any atom is -0.504 e. The predicted octanol–water partition coefficient (Wildman–Crippen LogP) is 3.12. The van der Waals surface area contributed by atoms with Crippen LogP contribution >= 0.6 is 0 Å². The molecule has 2 aromatic carbocycles. The van der Waals surface area contributed by atoms with Gasteiger partial charge in [-0.25, -0.2) is 5.01 Å². The van der Waals surface area contributed by atoms with Crippen LogP contribution in [0.15, 0.2) is 41.5 Å². The number of aromatic hydroxyl groups is 1. The molecular formula is C20H22N2O5. The standard InChI is InChI=1S/C20H22N2O5/c1-12(23)22-18(14-7-15(25-2)10-16(8-14)26-3)11-17(21-22)13-5-6-20(27-4)19(24)9-13/h5-10,18,24H,11H2,1-4H3. The monoisotopic (exact) mass is 370 g/mol. The third-order valence-electron chi connectivity index (χ3n) is 4.50. The van der Waals surface area contributed by atoms with Crippen molar-refractivity contribution in [3.8, 4) is 23.0 Å². The Morgan fingerprint density at radius 1 is 1.07 bits per heavy atom. The first-order valence-corrected chi connectivity index (χ1v) is 8.44. The summed E-state index contributed by atoms with van der Waals surface area (Å²) in [5.41, 5.74) is 2.30. The van der Waals surface area contributed by atoms with Crippen LogP contribution < -0.4 is 14.2 Å². The molecule has 3 rings (SSSR count). The smallest absolute Gasteiger partial charge is 0.240 e. The molecule has 0 fully saturated rings. The molecular weight excluding hydrogens is 348 g/mol. The molecule has 0 aliphatic carbocycles. The van der Waals surface area contributed by atoms with Crippen LogP contribution in [0.5, 0.6) is 23.0 Å². The number of hydrazone groups is 1. The fourth-order valence-corrected chi connectivity index (χ4v) is 3.13. The van der Waals surface area contributed by atoms with Crippen molar-refractivity contribution in [2.45, 2.75) is 19.4 Å². The van der Waals surface area contributed by atoms with Crippen LogP contribution in [0.3, 0.4) is 0 Å². The summed E-state index contributed by atoms with van der Waals surface area (Å²) in [6.07, 6.45) is 0.502. The number of hydrogen-bond acceptors (Lipinski definition) is 6. The molecule has 1 amide bonds. The molecule has 0 bridgehead atoms. The zero-order valence-electron chi connectivity index (χ0n) is 15.7. The van der Waals surface area contributed by atoms with Gasteiger partial charge in [0.15, 0.2) is 11.5 Å². The van der Waals surface area contributed by atoms with Crippen LogP contribution in [0.1, 0.15) is 30.5 Å². The highest BCUT2D eigenvalue weighted by Crippen LogP contribution is 2.37. The molecule has 0 saturated carbocycles. The molecule has 1 N–H and O–H groups in total. The maximum absolute atomic E-state index is 12.2. The summed E-state index contributed by atoms with van der Waals surface area (Å²) in [5.74, 6) is 1.52. The Kier molecular flexibility index (Phi) is 5.21. The third-order valence-corrected chi connectivity index (χ3v) is 4.50. The first-order chi connectivity index (χ1) is 13.0. The minimum atomic E-state index is -0.286. The molecule has 27 heavy (non-hydrogen) atoms. The van der Waals surface area contributed by atoms with Crippen LogP contribution in [0.25, 0.3) is 0 Å². The van der Waals surface area contributed by atoms with E-state index < -0.39 is 0 Å². The Morgan fingerprint density at radius 3 is 2.26 bits per heavy atom. The first kappa shape index (κ1) is 18.6. The highest BCUT2D eigenvalue weighted by Gasteiger charge is 2.32. The lowest BCUT2D eigenvalue weighted by atomic mass is 9.97. The lowest BCUT2D eigenvalue weighted by molar-refractivity contribution is -0.130. The molecule has 0 saturated heterocycles. The largest absolute Gasteiger partial charge is 0.504 e. The van der Waals surface area contributed by atoms with Crippen LogP contribution in [0, 0.1) is 0 Å². The first-order valence-electron chi connectivity index (χ1n) is 8.44. The summed E-state index contributed by atoms with van der Waals surface area (Å²) in [7, 11) is 4.65. The van der Waals surface area contributed by atoms with Gasteiger partial charge in [-0.1, -0.05) is 0 Å². The molecule has 1 unspecified atom stereocenters. The van der Waals surface area contributed by atoms with Gasteiger partial charge in [0.05, 0.1) is 33.1 Å². The van der Waals surface area contributed by atoms with E-state index in [2.05, 4.69) is 5.10 Å². The van der Waals surface area contributed by atoms with Gasteiger partial charge in [0, 0.05) is 25.0 Å². The van der Waals surface area contributed by atoms with E-state index in [4.69, 9.17) is 14.2 Å². The van der Waals surface area contributed by atoms with Crippen molar-refractivity contribution >= 4 is 11.6 Å². The second kappa shape index (κ2) is 7.57. The molecule has 0 aromatic heterocycles. The van der Waals surface area contributed by atoms with Crippen molar-refractivity contribution in [1.82, 2.24) is 5.01 Å². The van der Waals surface area contributed by atoms with Gasteiger partial charge in [0.2, 0.25) is 5.91 Å². The second-order valence-electron chi connectivity index (χ2n) is 6.16. The number of phenols is 1. The molecule has 2 aromatic rings. The van der Waals surface area contributed by atoms with Gasteiger partial charge in [-0.05, 0) is 35.9 Å². The topological polar surface area (TPSA) is 80.6 Å².